The third-order valence-corrected chi connectivity index (χ3v) is 12.8. The largest absolute Gasteiger partial charge is 0.528 e. The minimum absolute atomic E-state index is 1.06. The summed E-state index contributed by atoms with van der Waals surface area (Å²) in [6, 6.07) is 0. The SMILES string of the molecule is CCCCCCCCCCCCCCCCC=COP(OC=CCCCCCCCCCCCCCCCC)OC=CCCCCCCCCCCCCCCCC. The normalized spacial score (nSPS) is 12.5. The highest BCUT2D eigenvalue weighted by Crippen LogP contribution is 2.41. The van der Waals surface area contributed by atoms with Gasteiger partial charge in [0.1, 0.15) is 0 Å². The van der Waals surface area contributed by atoms with Gasteiger partial charge in [-0.25, -0.2) is 0 Å². The lowest BCUT2D eigenvalue weighted by molar-refractivity contribution is 0.302. The quantitative estimate of drug-likeness (QED) is 0.0347. The monoisotopic (exact) mass is 833 g/mol. The van der Waals surface area contributed by atoms with Gasteiger partial charge in [-0.2, -0.15) is 0 Å². The zero-order valence-electron chi connectivity index (χ0n) is 40.0. The van der Waals surface area contributed by atoms with E-state index in [2.05, 4.69) is 39.0 Å². The van der Waals surface area contributed by atoms with Crippen LogP contribution in [0.5, 0.6) is 0 Å². The molecule has 0 aromatic rings. The Morgan fingerprint density at radius 1 is 0.224 bits per heavy atom. The molecular weight excluding hydrogens is 728 g/mol. The van der Waals surface area contributed by atoms with Gasteiger partial charge in [-0.1, -0.05) is 271 Å². The second kappa shape index (κ2) is 54.1. The molecule has 0 unspecified atom stereocenters. The van der Waals surface area contributed by atoms with Crippen molar-refractivity contribution in [2.75, 3.05) is 0 Å². The van der Waals surface area contributed by atoms with Crippen LogP contribution in [-0.2, 0) is 13.6 Å². The van der Waals surface area contributed by atoms with Crippen molar-refractivity contribution in [1.29, 1.82) is 0 Å². The molecule has 0 bridgehead atoms. The fourth-order valence-corrected chi connectivity index (χ4v) is 8.63. The van der Waals surface area contributed by atoms with E-state index in [0.29, 0.717) is 0 Å². The summed E-state index contributed by atoms with van der Waals surface area (Å²) in [5.74, 6) is 0. The summed E-state index contributed by atoms with van der Waals surface area (Å²) in [5.41, 5.74) is 0. The molecule has 0 aromatic heterocycles. The van der Waals surface area contributed by atoms with Crippen molar-refractivity contribution in [2.24, 2.45) is 0 Å². The Kier molecular flexibility index (Phi) is 53.2. The Morgan fingerprint density at radius 3 is 0.552 bits per heavy atom. The van der Waals surface area contributed by atoms with E-state index in [1.165, 1.54) is 270 Å². The molecule has 0 aliphatic rings. The van der Waals surface area contributed by atoms with Gasteiger partial charge in [-0.05, 0) is 56.8 Å². The summed E-state index contributed by atoms with van der Waals surface area (Å²) in [6.45, 7) is 6.90. The van der Waals surface area contributed by atoms with Crippen molar-refractivity contribution < 1.29 is 13.6 Å². The number of unbranched alkanes of at least 4 members (excludes halogenated alkanes) is 42. The molecule has 3 nitrogen and oxygen atoms in total. The van der Waals surface area contributed by atoms with Crippen LogP contribution in [0.3, 0.4) is 0 Å². The highest BCUT2D eigenvalue weighted by atomic mass is 31.2. The molecule has 0 fully saturated rings. The molecule has 0 saturated carbocycles. The third-order valence-electron chi connectivity index (χ3n) is 11.9. The van der Waals surface area contributed by atoms with Crippen LogP contribution in [0.15, 0.2) is 37.0 Å². The van der Waals surface area contributed by atoms with Gasteiger partial charge in [-0.15, -0.1) is 0 Å². The number of hydrogen-bond acceptors (Lipinski definition) is 3. The minimum atomic E-state index is -1.45. The third kappa shape index (κ3) is 51.2. The maximum absolute atomic E-state index is 5.96. The summed E-state index contributed by atoms with van der Waals surface area (Å²) in [4.78, 5) is 0. The van der Waals surface area contributed by atoms with Gasteiger partial charge in [0.2, 0.25) is 0 Å². The molecule has 344 valence electrons. The Balaban J connectivity index is 4.14. The number of hydrogen-bond donors (Lipinski definition) is 0. The Bertz CT molecular complexity index is 705. The van der Waals surface area contributed by atoms with E-state index in [4.69, 9.17) is 13.6 Å². The van der Waals surface area contributed by atoms with Crippen LogP contribution < -0.4 is 0 Å². The van der Waals surface area contributed by atoms with E-state index in [-0.39, 0.29) is 0 Å². The zero-order valence-corrected chi connectivity index (χ0v) is 40.9. The first-order chi connectivity index (χ1) is 28.8. The van der Waals surface area contributed by atoms with Crippen LogP contribution in [-0.4, -0.2) is 0 Å². The van der Waals surface area contributed by atoms with Crippen molar-refractivity contribution in [3.05, 3.63) is 37.0 Å². The highest BCUT2D eigenvalue weighted by molar-refractivity contribution is 7.42. The molecule has 58 heavy (non-hydrogen) atoms. The lowest BCUT2D eigenvalue weighted by atomic mass is 10.0. The predicted octanol–water partition coefficient (Wildman–Crippen LogP) is 21.4. The molecule has 0 atom stereocenters. The number of rotatable bonds is 51. The van der Waals surface area contributed by atoms with Gasteiger partial charge in [-0.3, -0.25) is 0 Å². The molecule has 0 N–H and O–H groups in total. The van der Waals surface area contributed by atoms with Crippen LogP contribution in [0, 0.1) is 0 Å². The van der Waals surface area contributed by atoms with Crippen molar-refractivity contribution in [1.82, 2.24) is 0 Å². The molecule has 0 rings (SSSR count). The summed E-state index contributed by atoms with van der Waals surface area (Å²) >= 11 is 0. The summed E-state index contributed by atoms with van der Waals surface area (Å²) < 4.78 is 17.9. The van der Waals surface area contributed by atoms with Crippen LogP contribution in [0.2, 0.25) is 0 Å². The summed E-state index contributed by atoms with van der Waals surface area (Å²) in [6.07, 6.45) is 73.8. The first kappa shape index (κ1) is 57.1. The van der Waals surface area contributed by atoms with E-state index in [0.717, 1.165) is 19.3 Å². The van der Waals surface area contributed by atoms with E-state index in [9.17, 15) is 0 Å². The van der Waals surface area contributed by atoms with Gasteiger partial charge in [0.25, 0.3) is 0 Å². The van der Waals surface area contributed by atoms with Crippen molar-refractivity contribution in [3.63, 3.8) is 0 Å². The van der Waals surface area contributed by atoms with E-state index in [1.807, 2.05) is 18.8 Å². The van der Waals surface area contributed by atoms with Crippen molar-refractivity contribution in [2.45, 2.75) is 310 Å². The summed E-state index contributed by atoms with van der Waals surface area (Å²) in [5, 5.41) is 0. The highest BCUT2D eigenvalue weighted by Gasteiger charge is 2.11. The van der Waals surface area contributed by atoms with Gasteiger partial charge in [0.15, 0.2) is 0 Å². The second-order valence-electron chi connectivity index (χ2n) is 17.8. The average molecular weight is 833 g/mol. The first-order valence-corrected chi connectivity index (χ1v) is 27.7. The Labute approximate surface area is 367 Å². The molecule has 0 saturated heterocycles. The zero-order chi connectivity index (χ0) is 41.8. The van der Waals surface area contributed by atoms with E-state index < -0.39 is 8.60 Å². The van der Waals surface area contributed by atoms with Crippen LogP contribution in [0.1, 0.15) is 310 Å². The van der Waals surface area contributed by atoms with Crippen LogP contribution in [0.25, 0.3) is 0 Å². The van der Waals surface area contributed by atoms with Crippen LogP contribution >= 0.6 is 8.60 Å². The van der Waals surface area contributed by atoms with E-state index >= 15 is 0 Å². The Morgan fingerprint density at radius 2 is 0.379 bits per heavy atom. The van der Waals surface area contributed by atoms with Gasteiger partial charge < -0.3 is 13.6 Å². The minimum Gasteiger partial charge on any atom is -0.417 e. The maximum atomic E-state index is 5.96. The maximum Gasteiger partial charge on any atom is 0.528 e. The predicted molar refractivity (Wildman–Crippen MR) is 262 cm³/mol. The van der Waals surface area contributed by atoms with Gasteiger partial charge in [0, 0.05) is 0 Å². The fraction of sp³-hybridized carbons (Fsp3) is 0.889. The van der Waals surface area contributed by atoms with Crippen LogP contribution in [0.4, 0.5) is 0 Å². The lowest BCUT2D eigenvalue weighted by Gasteiger charge is -2.11. The van der Waals surface area contributed by atoms with Crippen molar-refractivity contribution >= 4 is 8.60 Å². The van der Waals surface area contributed by atoms with Gasteiger partial charge in [0.05, 0.1) is 18.8 Å². The van der Waals surface area contributed by atoms with E-state index in [1.54, 1.807) is 0 Å². The molecule has 0 radical (unpaired) electrons. The molecule has 0 spiro atoms. The molecule has 0 heterocycles. The lowest BCUT2D eigenvalue weighted by Crippen LogP contribution is -1.84. The molecule has 0 aliphatic heterocycles. The average Bonchev–Trinajstić information content (AvgIpc) is 3.23. The molecular formula is C54H105O3P. The summed E-state index contributed by atoms with van der Waals surface area (Å²) in [7, 11) is -1.45. The topological polar surface area (TPSA) is 27.7 Å². The van der Waals surface area contributed by atoms with Gasteiger partial charge >= 0.3 is 8.60 Å². The smallest absolute Gasteiger partial charge is 0.417 e. The molecule has 0 aliphatic carbocycles. The fourth-order valence-electron chi connectivity index (χ4n) is 7.93. The molecule has 0 aromatic carbocycles. The molecule has 0 amide bonds. The molecule has 4 heteroatoms. The standard InChI is InChI=1S/C54H105O3P/c1-4-7-10-13-16-19-22-25-28-31-34-37-40-43-46-49-52-55-58(56-53-50-47-44-41-38-35-32-29-26-23-20-17-14-11-8-5-2)57-54-51-48-45-42-39-36-33-30-27-24-21-18-15-12-9-6-3/h49-54H,4-48H2,1-3H3. The van der Waals surface area contributed by atoms with Crippen molar-refractivity contribution in [3.8, 4) is 0 Å². The first-order valence-electron chi connectivity index (χ1n) is 26.6. The Hall–Kier alpha value is -0.950. The second-order valence-corrected chi connectivity index (χ2v) is 18.9. The number of allylic oxidation sites excluding steroid dienone is 3.